The average Bonchev–Trinajstić information content (AvgIpc) is 3.93. The number of anilines is 4. The van der Waals surface area contributed by atoms with Gasteiger partial charge in [0.2, 0.25) is 16.8 Å². The third kappa shape index (κ3) is 7.64. The third-order valence-electron chi connectivity index (χ3n) is 10.9. The zero-order chi connectivity index (χ0) is 40.7. The first-order valence-corrected chi connectivity index (χ1v) is 19.9. The Hall–Kier alpha value is -6.14. The number of likely N-dealkylation sites (N-methyl/N-ethyl adjacent to an activating group) is 1. The lowest BCUT2D eigenvalue weighted by molar-refractivity contribution is -0.129. The van der Waals surface area contributed by atoms with Crippen LogP contribution in [0.1, 0.15) is 30.5 Å². The number of nitrogens with zero attached hydrogens (tertiary/aromatic N) is 7. The van der Waals surface area contributed by atoms with Gasteiger partial charge in [0.05, 0.1) is 16.7 Å². The van der Waals surface area contributed by atoms with Crippen LogP contribution in [-0.2, 0) is 17.8 Å². The summed E-state index contributed by atoms with van der Waals surface area (Å²) in [6, 6.07) is 8.76. The Morgan fingerprint density at radius 3 is 2.40 bits per heavy atom. The molecule has 58 heavy (non-hydrogen) atoms. The van der Waals surface area contributed by atoms with E-state index in [4.69, 9.17) is 4.42 Å². The molecule has 1 atom stereocenters. The highest BCUT2D eigenvalue weighted by Gasteiger charge is 2.25. The van der Waals surface area contributed by atoms with E-state index in [1.807, 2.05) is 29.3 Å². The van der Waals surface area contributed by atoms with Crippen molar-refractivity contribution in [2.75, 3.05) is 79.8 Å². The molecular weight excluding hydrogens is 771 g/mol. The van der Waals surface area contributed by atoms with Gasteiger partial charge in [-0.25, -0.2) is 13.6 Å². The lowest BCUT2D eigenvalue weighted by Gasteiger charge is -2.36. The molecule has 6 heterocycles. The van der Waals surface area contributed by atoms with Crippen LogP contribution in [0.2, 0.25) is 0 Å². The summed E-state index contributed by atoms with van der Waals surface area (Å²) < 4.78 is 38.6. The monoisotopic (exact) mass is 812 g/mol. The van der Waals surface area contributed by atoms with E-state index in [2.05, 4.69) is 42.7 Å². The quantitative estimate of drug-likeness (QED) is 0.172. The number of rotatable bonds is 9. The Labute approximate surface area is 334 Å². The smallest absolute Gasteiger partial charge is 0.327 e. The van der Waals surface area contributed by atoms with Crippen LogP contribution in [0.5, 0.6) is 0 Å². The third-order valence-corrected chi connectivity index (χ3v) is 11.8. The summed E-state index contributed by atoms with van der Waals surface area (Å²) >= 11 is 1.34. The van der Waals surface area contributed by atoms with E-state index in [0.717, 1.165) is 31.9 Å². The van der Waals surface area contributed by atoms with E-state index in [9.17, 15) is 19.2 Å². The number of halogens is 2. The van der Waals surface area contributed by atoms with Gasteiger partial charge < -0.3 is 38.9 Å². The van der Waals surface area contributed by atoms with Crippen LogP contribution >= 0.6 is 11.3 Å². The van der Waals surface area contributed by atoms with E-state index in [1.54, 1.807) is 33.9 Å². The number of piperazine rings is 2. The molecule has 2 aliphatic heterocycles. The number of benzene rings is 2. The molecule has 2 aliphatic rings. The molecule has 1 unspecified atom stereocenters. The summed E-state index contributed by atoms with van der Waals surface area (Å²) in [7, 11) is 2.06. The first-order valence-electron chi connectivity index (χ1n) is 19.1. The molecule has 0 radical (unpaired) electrons. The maximum absolute atomic E-state index is 15.6. The highest BCUT2D eigenvalue weighted by Crippen LogP contribution is 2.34. The molecule has 18 heteroatoms. The van der Waals surface area contributed by atoms with Crippen LogP contribution in [0.3, 0.4) is 0 Å². The molecule has 6 aromatic rings. The molecule has 302 valence electrons. The maximum atomic E-state index is 15.6. The van der Waals surface area contributed by atoms with Crippen molar-refractivity contribution in [2.45, 2.75) is 33.0 Å². The first-order chi connectivity index (χ1) is 28.0. The van der Waals surface area contributed by atoms with Crippen molar-refractivity contribution < 1.29 is 22.8 Å². The predicted molar refractivity (Wildman–Crippen MR) is 220 cm³/mol. The summed E-state index contributed by atoms with van der Waals surface area (Å²) in [5.74, 6) is -0.809. The molecule has 0 saturated carbocycles. The number of carbonyl (C=O) groups is 2. The number of amides is 3. The van der Waals surface area contributed by atoms with E-state index >= 15 is 8.78 Å². The number of thiophene rings is 1. The van der Waals surface area contributed by atoms with Gasteiger partial charge in [0.1, 0.15) is 23.2 Å². The van der Waals surface area contributed by atoms with Gasteiger partial charge in [-0.15, -0.1) is 16.4 Å². The Kier molecular flexibility index (Phi) is 10.7. The molecule has 0 spiro atoms. The number of carbonyl (C=O) groups excluding carboxylic acids is 2. The summed E-state index contributed by atoms with van der Waals surface area (Å²) in [4.78, 5) is 64.1. The van der Waals surface area contributed by atoms with Crippen LogP contribution in [0.15, 0.2) is 68.2 Å². The van der Waals surface area contributed by atoms with Crippen molar-refractivity contribution in [3.63, 3.8) is 0 Å². The van der Waals surface area contributed by atoms with Gasteiger partial charge in [-0.05, 0) is 55.2 Å². The first kappa shape index (κ1) is 38.7. The number of pyridine rings is 2. The molecule has 4 aromatic heterocycles. The summed E-state index contributed by atoms with van der Waals surface area (Å²) in [5.41, 5.74) is 1.85. The molecular formula is C40H42F2N10O5S. The van der Waals surface area contributed by atoms with E-state index in [1.165, 1.54) is 30.5 Å². The minimum absolute atomic E-state index is 0.00449. The Balaban J connectivity index is 1.02. The number of aromatic nitrogens is 4. The van der Waals surface area contributed by atoms with Gasteiger partial charge in [0, 0.05) is 106 Å². The lowest BCUT2D eigenvalue weighted by Crippen LogP contribution is -2.48. The number of H-pyrrole nitrogens is 1. The van der Waals surface area contributed by atoms with E-state index in [-0.39, 0.29) is 46.3 Å². The van der Waals surface area contributed by atoms with Crippen LogP contribution in [-0.4, -0.2) is 101 Å². The molecule has 2 fully saturated rings. The van der Waals surface area contributed by atoms with Crippen molar-refractivity contribution in [3.8, 4) is 11.5 Å². The summed E-state index contributed by atoms with van der Waals surface area (Å²) in [6.07, 6.45) is 1.75. The average molecular weight is 813 g/mol. The second-order valence-corrected chi connectivity index (χ2v) is 15.5. The number of aryl methyl sites for hydroxylation is 1. The number of fused-ring (bicyclic) bond motifs is 2. The molecule has 15 nitrogen and oxygen atoms in total. The van der Waals surface area contributed by atoms with Crippen LogP contribution in [0.4, 0.5) is 36.7 Å². The fourth-order valence-electron chi connectivity index (χ4n) is 7.61. The van der Waals surface area contributed by atoms with E-state index < -0.39 is 28.9 Å². The van der Waals surface area contributed by atoms with Crippen molar-refractivity contribution in [3.05, 3.63) is 90.9 Å². The second-order valence-electron chi connectivity index (χ2n) is 14.5. The van der Waals surface area contributed by atoms with Crippen LogP contribution in [0.25, 0.3) is 33.3 Å². The molecule has 8 rings (SSSR count). The number of nitrogens with one attached hydrogen (secondary N) is 3. The van der Waals surface area contributed by atoms with Crippen molar-refractivity contribution >= 4 is 68.2 Å². The highest BCUT2D eigenvalue weighted by atomic mass is 32.1. The zero-order valence-electron chi connectivity index (χ0n) is 32.2. The Morgan fingerprint density at radius 2 is 1.69 bits per heavy atom. The largest absolute Gasteiger partial charge is 0.403 e. The second kappa shape index (κ2) is 16.0. The molecule has 3 amide bonds. The van der Waals surface area contributed by atoms with Gasteiger partial charge in [-0.2, -0.15) is 0 Å². The molecule has 2 saturated heterocycles. The fraction of sp³-hybridized carbons (Fsp3) is 0.350. The van der Waals surface area contributed by atoms with Gasteiger partial charge >= 0.3 is 12.0 Å². The molecule has 2 aromatic carbocycles. The number of aromatic amines is 1. The topological polar surface area (TPSA) is 165 Å². The molecule has 0 aliphatic carbocycles. The number of hydrogen-bond donors (Lipinski definition) is 3. The Morgan fingerprint density at radius 1 is 0.948 bits per heavy atom. The van der Waals surface area contributed by atoms with Crippen LogP contribution < -0.4 is 31.3 Å². The normalized spacial score (nSPS) is 15.6. The van der Waals surface area contributed by atoms with Crippen molar-refractivity contribution in [1.82, 2.24) is 29.5 Å². The van der Waals surface area contributed by atoms with Gasteiger partial charge in [0.25, 0.3) is 5.89 Å². The van der Waals surface area contributed by atoms with Crippen molar-refractivity contribution in [1.29, 1.82) is 0 Å². The highest BCUT2D eigenvalue weighted by molar-refractivity contribution is 7.10. The fourth-order valence-corrected chi connectivity index (χ4v) is 8.32. The van der Waals surface area contributed by atoms with Crippen LogP contribution in [0, 0.1) is 5.82 Å². The van der Waals surface area contributed by atoms with E-state index in [0.29, 0.717) is 59.9 Å². The minimum Gasteiger partial charge on any atom is -0.403 e. The Bertz CT molecular complexity index is 2630. The maximum Gasteiger partial charge on any atom is 0.327 e. The summed E-state index contributed by atoms with van der Waals surface area (Å²) in [6.45, 7) is 8.85. The number of alkyl halides is 1. The number of urea groups is 1. The van der Waals surface area contributed by atoms with Gasteiger partial charge in [0.15, 0.2) is 0 Å². The van der Waals surface area contributed by atoms with Gasteiger partial charge in [-0.1, -0.05) is 11.2 Å². The predicted octanol–water partition coefficient (Wildman–Crippen LogP) is 5.43. The van der Waals surface area contributed by atoms with Crippen molar-refractivity contribution in [2.24, 2.45) is 0 Å². The van der Waals surface area contributed by atoms with Gasteiger partial charge in [-0.3, -0.25) is 19.7 Å². The lowest BCUT2D eigenvalue weighted by atomic mass is 10.0. The molecule has 0 bridgehead atoms. The summed E-state index contributed by atoms with van der Waals surface area (Å²) in [5, 5.41) is 15.0. The molecule has 3 N–H and O–H groups in total. The zero-order valence-corrected chi connectivity index (χ0v) is 33.0. The minimum atomic E-state index is -1.26. The number of hydrogen-bond acceptors (Lipinski definition) is 11. The standard InChI is InChI=1S/C40H42F2N10O5S/c1-4-49-22-27(36(54)26-18-28(41)34(20-33(26)49)52-13-11-50(12-14-52)23(2)53)38-46-47-40(57-38)45-39(56)44-31-21-43-30-19-32(51-9-7-48(3)8-10-51)24(16-25(30)37(31)55)17-29(42)35-6-5-15-58-35/h5-6,15-16,18-22,29H,4,7-14,17H2,1-3H3,(H,43,55)(H2,44,45,47,56). The SMILES string of the molecule is CCn1cc(-c2nnc(NC(=O)Nc3c[nH]c4cc(N5CCN(C)CC5)c(CC(F)c5cccs5)cc4c3=O)o2)c(=O)c2cc(F)c(N3CCN(C(C)=O)CC3)cc21.